The molecule has 92 valence electrons. The van der Waals surface area contributed by atoms with Crippen LogP contribution in [0.1, 0.15) is 12.0 Å². The standard InChI is InChI=1S/C13H10O5/c14-10(15)2-1-7-8-3-5-18-13(8)11(16)9-4-6-17-12(7)9/h3-6,16H,1-2H2,(H,14,15). The van der Waals surface area contributed by atoms with E-state index in [1.54, 1.807) is 12.1 Å². The molecule has 0 bridgehead atoms. The summed E-state index contributed by atoms with van der Waals surface area (Å²) in [5.74, 6) is -0.850. The summed E-state index contributed by atoms with van der Waals surface area (Å²) in [6, 6.07) is 3.34. The molecule has 0 saturated heterocycles. The number of carboxylic acid groups (broad SMARTS) is 1. The van der Waals surface area contributed by atoms with Gasteiger partial charge in [-0.1, -0.05) is 0 Å². The second-order valence-corrected chi connectivity index (χ2v) is 4.05. The Morgan fingerprint density at radius 1 is 1.11 bits per heavy atom. The lowest BCUT2D eigenvalue weighted by atomic mass is 10.0. The van der Waals surface area contributed by atoms with E-state index < -0.39 is 5.97 Å². The molecule has 1 aromatic carbocycles. The van der Waals surface area contributed by atoms with Crippen LogP contribution in [-0.4, -0.2) is 16.2 Å². The molecule has 0 saturated carbocycles. The number of furan rings is 2. The maximum absolute atomic E-state index is 10.7. The number of aryl methyl sites for hydroxylation is 1. The Balaban J connectivity index is 2.29. The predicted molar refractivity (Wildman–Crippen MR) is 63.6 cm³/mol. The van der Waals surface area contributed by atoms with E-state index in [1.807, 2.05) is 0 Å². The zero-order chi connectivity index (χ0) is 12.7. The van der Waals surface area contributed by atoms with Crippen LogP contribution in [0.3, 0.4) is 0 Å². The third kappa shape index (κ3) is 1.44. The van der Waals surface area contributed by atoms with Gasteiger partial charge >= 0.3 is 5.97 Å². The van der Waals surface area contributed by atoms with Crippen molar-refractivity contribution in [3.8, 4) is 5.75 Å². The lowest BCUT2D eigenvalue weighted by Gasteiger charge is -2.04. The number of phenolic OH excluding ortho intramolecular Hbond substituents is 1. The van der Waals surface area contributed by atoms with Crippen LogP contribution < -0.4 is 0 Å². The van der Waals surface area contributed by atoms with E-state index in [4.69, 9.17) is 13.9 Å². The van der Waals surface area contributed by atoms with Crippen LogP contribution in [0.5, 0.6) is 5.75 Å². The van der Waals surface area contributed by atoms with Gasteiger partial charge in [-0.3, -0.25) is 4.79 Å². The predicted octanol–water partition coefficient (Wildman–Crippen LogP) is 2.90. The van der Waals surface area contributed by atoms with Gasteiger partial charge in [-0.25, -0.2) is 0 Å². The average molecular weight is 246 g/mol. The minimum Gasteiger partial charge on any atom is -0.504 e. The van der Waals surface area contributed by atoms with Crippen LogP contribution in [0.15, 0.2) is 33.5 Å². The SMILES string of the molecule is O=C(O)CCc1c2ccoc2c(O)c2ccoc12. The van der Waals surface area contributed by atoms with Crippen LogP contribution in [0.2, 0.25) is 0 Å². The van der Waals surface area contributed by atoms with Gasteiger partial charge in [-0.2, -0.15) is 0 Å². The number of hydrogen-bond acceptors (Lipinski definition) is 4. The van der Waals surface area contributed by atoms with Gasteiger partial charge in [-0.15, -0.1) is 0 Å². The number of carbonyl (C=O) groups is 1. The Labute approximate surface area is 101 Å². The van der Waals surface area contributed by atoms with E-state index >= 15 is 0 Å². The third-order valence-electron chi connectivity index (χ3n) is 2.99. The summed E-state index contributed by atoms with van der Waals surface area (Å²) < 4.78 is 10.6. The topological polar surface area (TPSA) is 83.8 Å². The number of phenols is 1. The number of hydrogen-bond donors (Lipinski definition) is 2. The van der Waals surface area contributed by atoms with Crippen molar-refractivity contribution in [2.24, 2.45) is 0 Å². The second-order valence-electron chi connectivity index (χ2n) is 4.05. The van der Waals surface area contributed by atoms with Crippen LogP contribution >= 0.6 is 0 Å². The summed E-state index contributed by atoms with van der Waals surface area (Å²) >= 11 is 0. The summed E-state index contributed by atoms with van der Waals surface area (Å²) in [7, 11) is 0. The van der Waals surface area contributed by atoms with Crippen LogP contribution in [0.4, 0.5) is 0 Å². The quantitative estimate of drug-likeness (QED) is 0.742. The van der Waals surface area contributed by atoms with Gasteiger partial charge in [0.15, 0.2) is 11.3 Å². The van der Waals surface area contributed by atoms with Crippen molar-refractivity contribution in [2.45, 2.75) is 12.8 Å². The molecule has 0 fully saturated rings. The van der Waals surface area contributed by atoms with Crippen LogP contribution in [-0.2, 0) is 11.2 Å². The molecule has 0 atom stereocenters. The molecule has 2 N–H and O–H groups in total. The van der Waals surface area contributed by atoms with Crippen LogP contribution in [0, 0.1) is 0 Å². The molecule has 2 aromatic heterocycles. The first kappa shape index (κ1) is 10.7. The molecule has 0 aliphatic heterocycles. The monoisotopic (exact) mass is 246 g/mol. The third-order valence-corrected chi connectivity index (χ3v) is 2.99. The smallest absolute Gasteiger partial charge is 0.303 e. The first-order chi connectivity index (χ1) is 8.68. The molecule has 2 heterocycles. The van der Waals surface area contributed by atoms with Crippen molar-refractivity contribution in [2.75, 3.05) is 0 Å². The Kier molecular flexibility index (Phi) is 2.26. The molecule has 0 aliphatic rings. The van der Waals surface area contributed by atoms with Crippen LogP contribution in [0.25, 0.3) is 21.9 Å². The van der Waals surface area contributed by atoms with Crippen molar-refractivity contribution in [3.05, 3.63) is 30.2 Å². The fourth-order valence-electron chi connectivity index (χ4n) is 2.18. The number of aliphatic carboxylic acids is 1. The van der Waals surface area contributed by atoms with E-state index in [1.165, 1.54) is 12.5 Å². The summed E-state index contributed by atoms with van der Waals surface area (Å²) in [4.78, 5) is 10.7. The van der Waals surface area contributed by atoms with Gasteiger partial charge in [0.2, 0.25) is 0 Å². The summed E-state index contributed by atoms with van der Waals surface area (Å²) in [6.45, 7) is 0. The van der Waals surface area contributed by atoms with Crippen molar-refractivity contribution in [1.29, 1.82) is 0 Å². The highest BCUT2D eigenvalue weighted by atomic mass is 16.4. The normalized spacial score (nSPS) is 11.3. The van der Waals surface area contributed by atoms with Gasteiger partial charge in [0.05, 0.1) is 17.9 Å². The fourth-order valence-corrected chi connectivity index (χ4v) is 2.18. The zero-order valence-electron chi connectivity index (χ0n) is 9.34. The molecule has 5 heteroatoms. The van der Waals surface area contributed by atoms with E-state index in [0.717, 1.165) is 5.56 Å². The molecule has 3 aromatic rings. The van der Waals surface area contributed by atoms with E-state index in [9.17, 15) is 9.90 Å². The lowest BCUT2D eigenvalue weighted by Crippen LogP contribution is -1.98. The molecule has 0 amide bonds. The molecular weight excluding hydrogens is 236 g/mol. The Hall–Kier alpha value is -2.43. The molecule has 0 aliphatic carbocycles. The summed E-state index contributed by atoms with van der Waals surface area (Å²) in [5, 5.41) is 20.0. The van der Waals surface area contributed by atoms with Crippen molar-refractivity contribution < 1.29 is 23.8 Å². The highest BCUT2D eigenvalue weighted by Crippen LogP contribution is 2.39. The first-order valence-corrected chi connectivity index (χ1v) is 5.48. The van der Waals surface area contributed by atoms with Crippen molar-refractivity contribution in [1.82, 2.24) is 0 Å². The number of fused-ring (bicyclic) bond motifs is 2. The zero-order valence-corrected chi connectivity index (χ0v) is 9.34. The highest BCUT2D eigenvalue weighted by Gasteiger charge is 2.18. The van der Waals surface area contributed by atoms with Crippen molar-refractivity contribution in [3.63, 3.8) is 0 Å². The Morgan fingerprint density at radius 2 is 1.78 bits per heavy atom. The highest BCUT2D eigenvalue weighted by molar-refractivity contribution is 6.04. The fraction of sp³-hybridized carbons (Fsp3) is 0.154. The largest absolute Gasteiger partial charge is 0.504 e. The Morgan fingerprint density at radius 3 is 2.50 bits per heavy atom. The molecule has 5 nitrogen and oxygen atoms in total. The maximum Gasteiger partial charge on any atom is 0.303 e. The molecule has 3 rings (SSSR count). The van der Waals surface area contributed by atoms with Gasteiger partial charge in [0, 0.05) is 17.4 Å². The minimum absolute atomic E-state index is 0.000848. The number of carboxylic acids is 1. The molecular formula is C13H10O5. The van der Waals surface area contributed by atoms with Gasteiger partial charge < -0.3 is 19.0 Å². The molecule has 0 spiro atoms. The Bertz CT molecular complexity index is 683. The van der Waals surface area contributed by atoms with Crippen molar-refractivity contribution >= 4 is 27.9 Å². The number of aromatic hydroxyl groups is 1. The van der Waals surface area contributed by atoms with Gasteiger partial charge in [-0.05, 0) is 18.6 Å². The summed E-state index contributed by atoms with van der Waals surface area (Å²) in [6.07, 6.45) is 3.26. The molecule has 0 unspecified atom stereocenters. The molecule has 0 radical (unpaired) electrons. The van der Waals surface area contributed by atoms with Gasteiger partial charge in [0.25, 0.3) is 0 Å². The second kappa shape index (κ2) is 3.80. The number of benzene rings is 1. The minimum atomic E-state index is -0.876. The average Bonchev–Trinajstić information content (AvgIpc) is 2.95. The van der Waals surface area contributed by atoms with Gasteiger partial charge in [0.1, 0.15) is 5.58 Å². The van der Waals surface area contributed by atoms with E-state index in [0.29, 0.717) is 28.4 Å². The number of rotatable bonds is 3. The van der Waals surface area contributed by atoms with E-state index in [-0.39, 0.29) is 12.2 Å². The lowest BCUT2D eigenvalue weighted by molar-refractivity contribution is -0.136. The maximum atomic E-state index is 10.7. The summed E-state index contributed by atoms with van der Waals surface area (Å²) in [5.41, 5.74) is 1.63. The molecule has 18 heavy (non-hydrogen) atoms. The first-order valence-electron chi connectivity index (χ1n) is 5.48. The van der Waals surface area contributed by atoms with E-state index in [2.05, 4.69) is 0 Å².